The van der Waals surface area contributed by atoms with Gasteiger partial charge >= 0.3 is 0 Å². The number of nitrogens with zero attached hydrogens (tertiary/aromatic N) is 1. The van der Waals surface area contributed by atoms with Crippen molar-refractivity contribution in [1.82, 2.24) is 4.98 Å². The molecular formula is C29H24N2O5. The van der Waals surface area contributed by atoms with E-state index in [-0.39, 0.29) is 18.3 Å². The molecule has 0 atom stereocenters. The molecule has 7 heteroatoms. The lowest BCUT2D eigenvalue weighted by molar-refractivity contribution is 0.0992. The van der Waals surface area contributed by atoms with Gasteiger partial charge in [0.2, 0.25) is 0 Å². The van der Waals surface area contributed by atoms with Crippen molar-refractivity contribution in [2.24, 2.45) is 0 Å². The van der Waals surface area contributed by atoms with Crippen molar-refractivity contribution in [2.75, 3.05) is 12.4 Å². The molecule has 0 fully saturated rings. The summed E-state index contributed by atoms with van der Waals surface area (Å²) in [6.07, 6.45) is 3.44. The Morgan fingerprint density at radius 3 is 2.58 bits per heavy atom. The highest BCUT2D eigenvalue weighted by Gasteiger charge is 2.14. The predicted molar refractivity (Wildman–Crippen MR) is 137 cm³/mol. The van der Waals surface area contributed by atoms with E-state index in [0.29, 0.717) is 29.6 Å². The van der Waals surface area contributed by atoms with Crippen LogP contribution in [0.2, 0.25) is 0 Å². The van der Waals surface area contributed by atoms with Crippen molar-refractivity contribution in [3.63, 3.8) is 0 Å². The van der Waals surface area contributed by atoms with Crippen LogP contribution in [0.1, 0.15) is 21.9 Å². The topological polar surface area (TPSA) is 82.8 Å². The van der Waals surface area contributed by atoms with Crippen LogP contribution >= 0.6 is 0 Å². The molecule has 5 aromatic rings. The molecule has 0 bridgehead atoms. The summed E-state index contributed by atoms with van der Waals surface area (Å²) in [7, 11) is 1.56. The van der Waals surface area contributed by atoms with Crippen molar-refractivity contribution < 1.29 is 23.4 Å². The Bertz CT molecular complexity index is 1480. The fraction of sp³-hybridized carbons (Fsp3) is 0.103. The summed E-state index contributed by atoms with van der Waals surface area (Å²) >= 11 is 0. The number of hydrogen-bond donors (Lipinski definition) is 1. The molecule has 0 saturated heterocycles. The van der Waals surface area contributed by atoms with Gasteiger partial charge < -0.3 is 23.9 Å². The molecule has 180 valence electrons. The van der Waals surface area contributed by atoms with Gasteiger partial charge in [-0.15, -0.1) is 0 Å². The minimum absolute atomic E-state index is 0.181. The number of pyridine rings is 1. The van der Waals surface area contributed by atoms with E-state index in [9.17, 15) is 4.79 Å². The summed E-state index contributed by atoms with van der Waals surface area (Å²) in [6.45, 7) is 0.529. The van der Waals surface area contributed by atoms with E-state index in [4.69, 9.17) is 18.6 Å². The van der Waals surface area contributed by atoms with Gasteiger partial charge in [-0.2, -0.15) is 0 Å². The van der Waals surface area contributed by atoms with Crippen LogP contribution < -0.4 is 19.5 Å². The number of aromatic nitrogens is 1. The molecule has 2 aromatic heterocycles. The quantitative estimate of drug-likeness (QED) is 0.269. The fourth-order valence-corrected chi connectivity index (χ4v) is 3.69. The van der Waals surface area contributed by atoms with E-state index in [1.807, 2.05) is 48.5 Å². The van der Waals surface area contributed by atoms with E-state index in [1.54, 1.807) is 49.8 Å². The van der Waals surface area contributed by atoms with Gasteiger partial charge in [-0.25, -0.2) is 0 Å². The van der Waals surface area contributed by atoms with E-state index in [0.717, 1.165) is 22.1 Å². The molecule has 3 aromatic carbocycles. The number of benzene rings is 3. The van der Waals surface area contributed by atoms with Gasteiger partial charge in [-0.3, -0.25) is 9.78 Å². The minimum atomic E-state index is -0.379. The lowest BCUT2D eigenvalue weighted by Crippen LogP contribution is -2.11. The number of ether oxygens (including phenoxy) is 3. The second-order valence-electron chi connectivity index (χ2n) is 8.03. The molecule has 1 N–H and O–H groups in total. The number of rotatable bonds is 9. The highest BCUT2D eigenvalue weighted by atomic mass is 16.5. The second-order valence-corrected chi connectivity index (χ2v) is 8.03. The standard InChI is InChI=1S/C29H24N2O5/c1-33-26-12-9-23(16-28(26)35-18-20-5-4-14-30-17-20)31-29(32)27-13-11-25(36-27)19-34-24-10-8-21-6-2-3-7-22(21)15-24/h2-17H,18-19H2,1H3,(H,31,32). The van der Waals surface area contributed by atoms with Gasteiger partial charge in [-0.05, 0) is 53.2 Å². The molecule has 0 aliphatic heterocycles. The zero-order valence-corrected chi connectivity index (χ0v) is 19.6. The summed E-state index contributed by atoms with van der Waals surface area (Å²) in [5, 5.41) is 5.07. The van der Waals surface area contributed by atoms with Gasteiger partial charge in [0.05, 0.1) is 7.11 Å². The molecule has 36 heavy (non-hydrogen) atoms. The van der Waals surface area contributed by atoms with Gasteiger partial charge in [0, 0.05) is 29.7 Å². The number of amides is 1. The number of fused-ring (bicyclic) bond motifs is 1. The van der Waals surface area contributed by atoms with Crippen LogP contribution in [-0.2, 0) is 13.2 Å². The molecule has 1 amide bonds. The van der Waals surface area contributed by atoms with Crippen LogP contribution in [0.4, 0.5) is 5.69 Å². The largest absolute Gasteiger partial charge is 0.493 e. The Morgan fingerprint density at radius 1 is 0.861 bits per heavy atom. The number of hydrogen-bond acceptors (Lipinski definition) is 6. The van der Waals surface area contributed by atoms with Gasteiger partial charge in [0.25, 0.3) is 5.91 Å². The number of carbonyl (C=O) groups excluding carboxylic acids is 1. The van der Waals surface area contributed by atoms with E-state index in [2.05, 4.69) is 16.4 Å². The summed E-state index contributed by atoms with van der Waals surface area (Å²) in [5.74, 6) is 2.14. The van der Waals surface area contributed by atoms with Crippen molar-refractivity contribution in [1.29, 1.82) is 0 Å². The first kappa shape index (κ1) is 23.0. The van der Waals surface area contributed by atoms with Crippen LogP contribution in [0.5, 0.6) is 17.2 Å². The third-order valence-electron chi connectivity index (χ3n) is 5.53. The second kappa shape index (κ2) is 10.7. The molecule has 0 radical (unpaired) electrons. The highest BCUT2D eigenvalue weighted by Crippen LogP contribution is 2.31. The Morgan fingerprint density at radius 2 is 1.75 bits per heavy atom. The first-order valence-electron chi connectivity index (χ1n) is 11.4. The summed E-state index contributed by atoms with van der Waals surface area (Å²) < 4.78 is 22.8. The number of nitrogens with one attached hydrogen (secondary N) is 1. The molecule has 0 unspecified atom stereocenters. The van der Waals surface area contributed by atoms with Crippen LogP contribution in [0, 0.1) is 0 Å². The van der Waals surface area contributed by atoms with E-state index >= 15 is 0 Å². The monoisotopic (exact) mass is 480 g/mol. The molecule has 2 heterocycles. The van der Waals surface area contributed by atoms with Gasteiger partial charge in [0.15, 0.2) is 17.3 Å². The lowest BCUT2D eigenvalue weighted by atomic mass is 10.1. The molecule has 0 saturated carbocycles. The van der Waals surface area contributed by atoms with Crippen LogP contribution in [-0.4, -0.2) is 18.0 Å². The van der Waals surface area contributed by atoms with Crippen LogP contribution in [0.25, 0.3) is 10.8 Å². The average Bonchev–Trinajstić information content (AvgIpc) is 3.41. The first-order valence-corrected chi connectivity index (χ1v) is 11.4. The Hall–Kier alpha value is -4.78. The maximum Gasteiger partial charge on any atom is 0.291 e. The molecule has 0 aliphatic rings. The first-order chi connectivity index (χ1) is 17.7. The van der Waals surface area contributed by atoms with Crippen molar-refractivity contribution in [2.45, 2.75) is 13.2 Å². The summed E-state index contributed by atoms with van der Waals surface area (Å²) in [5.41, 5.74) is 1.47. The van der Waals surface area contributed by atoms with E-state index in [1.165, 1.54) is 0 Å². The molecule has 0 aliphatic carbocycles. The molecule has 0 spiro atoms. The van der Waals surface area contributed by atoms with E-state index < -0.39 is 0 Å². The number of furan rings is 1. The van der Waals surface area contributed by atoms with Gasteiger partial charge in [-0.1, -0.05) is 36.4 Å². The van der Waals surface area contributed by atoms with Crippen LogP contribution in [0.3, 0.4) is 0 Å². The Kier molecular flexibility index (Phi) is 6.80. The number of carbonyl (C=O) groups is 1. The SMILES string of the molecule is COc1ccc(NC(=O)c2ccc(COc3ccc4ccccc4c3)o2)cc1OCc1cccnc1. The summed E-state index contributed by atoms with van der Waals surface area (Å²) in [6, 6.07) is 26.3. The normalized spacial score (nSPS) is 10.7. The Balaban J connectivity index is 1.21. The smallest absolute Gasteiger partial charge is 0.291 e. The maximum atomic E-state index is 12.8. The zero-order chi connectivity index (χ0) is 24.7. The molecule has 7 nitrogen and oxygen atoms in total. The van der Waals surface area contributed by atoms with Crippen molar-refractivity contribution in [3.8, 4) is 17.2 Å². The predicted octanol–water partition coefficient (Wildman–Crippen LogP) is 6.25. The van der Waals surface area contributed by atoms with Crippen molar-refractivity contribution >= 4 is 22.4 Å². The number of anilines is 1. The highest BCUT2D eigenvalue weighted by molar-refractivity contribution is 6.02. The summed E-state index contributed by atoms with van der Waals surface area (Å²) in [4.78, 5) is 16.9. The molecule has 5 rings (SSSR count). The third kappa shape index (κ3) is 5.47. The van der Waals surface area contributed by atoms with Crippen LogP contribution in [0.15, 0.2) is 102 Å². The number of methoxy groups -OCH3 is 1. The Labute approximate surface area is 208 Å². The maximum absolute atomic E-state index is 12.8. The van der Waals surface area contributed by atoms with Gasteiger partial charge in [0.1, 0.15) is 24.7 Å². The van der Waals surface area contributed by atoms with Crippen molar-refractivity contribution in [3.05, 3.63) is 114 Å². The zero-order valence-electron chi connectivity index (χ0n) is 19.6. The molecular weight excluding hydrogens is 456 g/mol. The minimum Gasteiger partial charge on any atom is -0.493 e. The third-order valence-corrected chi connectivity index (χ3v) is 5.53. The average molecular weight is 481 g/mol. The lowest BCUT2D eigenvalue weighted by Gasteiger charge is -2.12. The fourth-order valence-electron chi connectivity index (χ4n) is 3.69.